The lowest BCUT2D eigenvalue weighted by Gasteiger charge is -2.11. The molecule has 4 aromatic rings. The number of halogens is 2. The lowest BCUT2D eigenvalue weighted by molar-refractivity contribution is -0.116. The van der Waals surface area contributed by atoms with Gasteiger partial charge in [0.05, 0.1) is 27.8 Å². The summed E-state index contributed by atoms with van der Waals surface area (Å²) in [4.78, 5) is 25.9. The number of hydrogen-bond acceptors (Lipinski definition) is 5. The van der Waals surface area contributed by atoms with Crippen LogP contribution in [0.2, 0.25) is 5.02 Å². The molecule has 0 saturated carbocycles. The summed E-state index contributed by atoms with van der Waals surface area (Å²) < 4.78 is 21.0. The predicted octanol–water partition coefficient (Wildman–Crippen LogP) is 6.35. The van der Waals surface area contributed by atoms with Gasteiger partial charge in [0.1, 0.15) is 17.7 Å². The predicted molar refractivity (Wildman–Crippen MR) is 148 cm³/mol. The SMILES string of the molecule is CC(=O)c1ccc(-c2cc(Cl)c3c(c2)CC(CNC(=O)/C=C/c2c(C)nn(-c4ccc(F)cc4)c2C)O3)s1. The summed E-state index contributed by atoms with van der Waals surface area (Å²) in [5.41, 5.74) is 5.09. The molecule has 1 amide bonds. The van der Waals surface area contributed by atoms with Gasteiger partial charge in [0.15, 0.2) is 5.78 Å². The Balaban J connectivity index is 1.22. The topological polar surface area (TPSA) is 73.2 Å². The third kappa shape index (κ3) is 5.28. The van der Waals surface area contributed by atoms with E-state index < -0.39 is 0 Å². The second kappa shape index (κ2) is 10.6. The fourth-order valence-electron chi connectivity index (χ4n) is 4.49. The quantitative estimate of drug-likeness (QED) is 0.215. The maximum Gasteiger partial charge on any atom is 0.244 e. The zero-order valence-corrected chi connectivity index (χ0v) is 22.6. The van der Waals surface area contributed by atoms with Gasteiger partial charge in [0.2, 0.25) is 5.91 Å². The molecule has 38 heavy (non-hydrogen) atoms. The third-order valence-electron chi connectivity index (χ3n) is 6.41. The van der Waals surface area contributed by atoms with Gasteiger partial charge in [-0.25, -0.2) is 9.07 Å². The molecule has 5 rings (SSSR count). The minimum absolute atomic E-state index is 0.0359. The molecule has 2 aromatic heterocycles. The number of Topliss-reactive ketones (excluding diaryl/α,β-unsaturated/α-hetero) is 1. The normalized spacial score (nSPS) is 14.5. The number of rotatable bonds is 7. The molecule has 0 bridgehead atoms. The van der Waals surface area contributed by atoms with Gasteiger partial charge in [-0.3, -0.25) is 9.59 Å². The van der Waals surface area contributed by atoms with Gasteiger partial charge in [-0.15, -0.1) is 11.3 Å². The van der Waals surface area contributed by atoms with E-state index in [4.69, 9.17) is 16.3 Å². The van der Waals surface area contributed by atoms with Crippen LogP contribution in [-0.2, 0) is 11.2 Å². The molecule has 1 aliphatic rings. The molecule has 0 radical (unpaired) electrons. The van der Waals surface area contributed by atoms with Gasteiger partial charge in [-0.1, -0.05) is 11.6 Å². The number of nitrogens with one attached hydrogen (secondary N) is 1. The first-order chi connectivity index (χ1) is 18.2. The highest BCUT2D eigenvalue weighted by Gasteiger charge is 2.26. The van der Waals surface area contributed by atoms with E-state index in [1.54, 1.807) is 29.8 Å². The lowest BCUT2D eigenvalue weighted by Crippen LogP contribution is -2.33. The van der Waals surface area contributed by atoms with Gasteiger partial charge in [0, 0.05) is 34.2 Å². The Morgan fingerprint density at radius 1 is 1.21 bits per heavy atom. The summed E-state index contributed by atoms with van der Waals surface area (Å²) in [6, 6.07) is 13.7. The van der Waals surface area contributed by atoms with Crippen LogP contribution in [0, 0.1) is 19.7 Å². The van der Waals surface area contributed by atoms with Crippen molar-refractivity contribution in [3.8, 4) is 21.9 Å². The number of thiophene rings is 1. The zero-order valence-electron chi connectivity index (χ0n) is 21.0. The molecular weight excluding hydrogens is 525 g/mol. The number of ether oxygens (including phenoxy) is 1. The number of ketones is 1. The molecule has 2 aromatic carbocycles. The van der Waals surface area contributed by atoms with Crippen molar-refractivity contribution in [2.75, 3.05) is 6.54 Å². The molecule has 6 nitrogen and oxygen atoms in total. The van der Waals surface area contributed by atoms with Crippen molar-refractivity contribution in [3.63, 3.8) is 0 Å². The Morgan fingerprint density at radius 2 is 1.97 bits per heavy atom. The zero-order chi connectivity index (χ0) is 27.0. The molecule has 1 aliphatic heterocycles. The van der Waals surface area contributed by atoms with E-state index in [2.05, 4.69) is 10.4 Å². The van der Waals surface area contributed by atoms with Crippen molar-refractivity contribution in [3.05, 3.63) is 92.8 Å². The number of aromatic nitrogens is 2. The van der Waals surface area contributed by atoms with Crippen molar-refractivity contribution >= 4 is 40.7 Å². The molecule has 0 aliphatic carbocycles. The number of carbonyl (C=O) groups excluding carboxylic acids is 2. The van der Waals surface area contributed by atoms with Crippen LogP contribution in [0.1, 0.15) is 39.1 Å². The van der Waals surface area contributed by atoms with Crippen molar-refractivity contribution in [2.45, 2.75) is 33.3 Å². The summed E-state index contributed by atoms with van der Waals surface area (Å²) in [5, 5.41) is 7.93. The number of hydrogen-bond donors (Lipinski definition) is 1. The minimum atomic E-state index is -0.310. The van der Waals surface area contributed by atoms with Crippen LogP contribution < -0.4 is 10.1 Å². The van der Waals surface area contributed by atoms with Crippen LogP contribution in [0.4, 0.5) is 4.39 Å². The maximum atomic E-state index is 13.3. The number of fused-ring (bicyclic) bond motifs is 1. The van der Waals surface area contributed by atoms with Crippen molar-refractivity contribution in [1.29, 1.82) is 0 Å². The molecule has 194 valence electrons. The van der Waals surface area contributed by atoms with Gasteiger partial charge in [-0.05, 0) is 80.9 Å². The van der Waals surface area contributed by atoms with Crippen LogP contribution in [0.3, 0.4) is 0 Å². The monoisotopic (exact) mass is 549 g/mol. The first-order valence-electron chi connectivity index (χ1n) is 12.1. The Labute approximate surface area is 228 Å². The van der Waals surface area contributed by atoms with E-state index in [1.165, 1.54) is 29.5 Å². The average Bonchev–Trinajstić information content (AvgIpc) is 3.60. The summed E-state index contributed by atoms with van der Waals surface area (Å²) in [6.45, 7) is 5.64. The van der Waals surface area contributed by atoms with Gasteiger partial charge >= 0.3 is 0 Å². The van der Waals surface area contributed by atoms with Crippen LogP contribution >= 0.6 is 22.9 Å². The molecule has 0 saturated heterocycles. The van der Waals surface area contributed by atoms with Crippen LogP contribution in [0.25, 0.3) is 22.2 Å². The van der Waals surface area contributed by atoms with Gasteiger partial charge in [0.25, 0.3) is 0 Å². The summed E-state index contributed by atoms with van der Waals surface area (Å²) in [7, 11) is 0. The van der Waals surface area contributed by atoms with E-state index in [9.17, 15) is 14.0 Å². The number of aryl methyl sites for hydroxylation is 1. The maximum absolute atomic E-state index is 13.3. The van der Waals surface area contributed by atoms with E-state index >= 15 is 0 Å². The standard InChI is InChI=1S/C29H25ClFN3O3S/c1-16-24(17(2)34(33-16)22-6-4-21(31)5-7-22)8-11-28(36)32-15-23-13-20-12-19(14-25(30)29(20)37-23)27-10-9-26(38-27)18(3)35/h4-12,14,23H,13,15H2,1-3H3,(H,32,36)/b11-8+. The molecule has 1 unspecified atom stereocenters. The second-order valence-corrected chi connectivity index (χ2v) is 10.7. The fourth-order valence-corrected chi connectivity index (χ4v) is 5.66. The molecule has 0 spiro atoms. The highest BCUT2D eigenvalue weighted by molar-refractivity contribution is 7.17. The smallest absolute Gasteiger partial charge is 0.244 e. The van der Waals surface area contributed by atoms with Gasteiger partial charge in [-0.2, -0.15) is 5.10 Å². The van der Waals surface area contributed by atoms with Crippen LogP contribution in [-0.4, -0.2) is 34.1 Å². The molecule has 1 N–H and O–H groups in total. The third-order valence-corrected chi connectivity index (χ3v) is 7.93. The van der Waals surface area contributed by atoms with Gasteiger partial charge < -0.3 is 10.1 Å². The Morgan fingerprint density at radius 3 is 2.68 bits per heavy atom. The molecule has 0 fully saturated rings. The molecule has 3 heterocycles. The molecule has 1 atom stereocenters. The van der Waals surface area contributed by atoms with Crippen molar-refractivity contribution in [2.24, 2.45) is 0 Å². The van der Waals surface area contributed by atoms with E-state index in [0.717, 1.165) is 38.6 Å². The number of nitrogens with zero attached hydrogens (tertiary/aromatic N) is 2. The number of amides is 1. The highest BCUT2D eigenvalue weighted by Crippen LogP contribution is 2.41. The number of carbonyl (C=O) groups is 2. The summed E-state index contributed by atoms with van der Waals surface area (Å²) in [6.07, 6.45) is 3.58. The Bertz CT molecular complexity index is 1570. The molecule has 9 heteroatoms. The summed E-state index contributed by atoms with van der Waals surface area (Å²) in [5.74, 6) is 0.108. The largest absolute Gasteiger partial charge is 0.486 e. The van der Waals surface area contributed by atoms with E-state index in [0.29, 0.717) is 28.6 Å². The average molecular weight is 550 g/mol. The van der Waals surface area contributed by atoms with E-state index in [1.807, 2.05) is 38.1 Å². The Hall–Kier alpha value is -3.75. The number of benzene rings is 2. The van der Waals surface area contributed by atoms with Crippen LogP contribution in [0.15, 0.2) is 54.6 Å². The summed E-state index contributed by atoms with van der Waals surface area (Å²) >= 11 is 7.95. The van der Waals surface area contributed by atoms with E-state index in [-0.39, 0.29) is 23.6 Å². The first kappa shape index (κ1) is 25.9. The Kier molecular flexibility index (Phi) is 7.19. The lowest BCUT2D eigenvalue weighted by atomic mass is 10.1. The highest BCUT2D eigenvalue weighted by atomic mass is 35.5. The second-order valence-electron chi connectivity index (χ2n) is 9.16. The van der Waals surface area contributed by atoms with Crippen LogP contribution in [0.5, 0.6) is 5.75 Å². The minimum Gasteiger partial charge on any atom is -0.486 e. The van der Waals surface area contributed by atoms with Crippen molar-refractivity contribution in [1.82, 2.24) is 15.1 Å². The fraction of sp³-hybridized carbons (Fsp3) is 0.207. The molecular formula is C29H25ClFN3O3S. The van der Waals surface area contributed by atoms with Crippen molar-refractivity contribution < 1.29 is 18.7 Å². The first-order valence-corrected chi connectivity index (χ1v) is 13.3.